The number of hydrogen-bond acceptors (Lipinski definition) is 3. The van der Waals surface area contributed by atoms with E-state index in [9.17, 15) is 9.59 Å². The van der Waals surface area contributed by atoms with Gasteiger partial charge in [0, 0.05) is 16.6 Å². The maximum Gasteiger partial charge on any atom is 0.264 e. The number of aromatic amines is 1. The van der Waals surface area contributed by atoms with Gasteiger partial charge in [-0.2, -0.15) is 5.48 Å². The number of para-hydroxylation sites is 2. The van der Waals surface area contributed by atoms with Crippen molar-refractivity contribution in [3.8, 4) is 5.75 Å². The van der Waals surface area contributed by atoms with Gasteiger partial charge in [0.25, 0.3) is 11.5 Å². The van der Waals surface area contributed by atoms with Crippen molar-refractivity contribution in [3.63, 3.8) is 0 Å². The van der Waals surface area contributed by atoms with Crippen LogP contribution in [0, 0.1) is 0 Å². The number of H-pyrrole nitrogens is 1. The summed E-state index contributed by atoms with van der Waals surface area (Å²) in [5.74, 6) is -0.475. The maximum atomic E-state index is 12.4. The zero-order valence-corrected chi connectivity index (χ0v) is 11.5. The van der Waals surface area contributed by atoms with Gasteiger partial charge in [0.05, 0.1) is 0 Å². The van der Waals surface area contributed by atoms with Crippen LogP contribution >= 0.6 is 0 Å². The number of hydroxylamine groups is 1. The second kappa shape index (κ2) is 4.73. The number of carbonyl (C=O) groups is 1. The number of pyridine rings is 1. The fraction of sp³-hybridized carbons (Fsp3) is 0.0588. The number of amides is 1. The van der Waals surface area contributed by atoms with Gasteiger partial charge >= 0.3 is 0 Å². The monoisotopic (exact) mass is 292 g/mol. The Morgan fingerprint density at radius 1 is 0.909 bits per heavy atom. The molecule has 0 saturated carbocycles. The Labute approximate surface area is 125 Å². The lowest BCUT2D eigenvalue weighted by Crippen LogP contribution is -2.39. The molecular formula is C17H12N2O3. The summed E-state index contributed by atoms with van der Waals surface area (Å²) in [6.07, 6.45) is 0. The fourth-order valence-corrected chi connectivity index (χ4v) is 2.80. The zero-order chi connectivity index (χ0) is 15.1. The van der Waals surface area contributed by atoms with Crippen LogP contribution in [0.15, 0.2) is 59.4 Å². The van der Waals surface area contributed by atoms with Crippen LogP contribution in [0.2, 0.25) is 0 Å². The molecule has 3 aromatic rings. The lowest BCUT2D eigenvalue weighted by atomic mass is 9.89. The average molecular weight is 292 g/mol. The molecule has 5 nitrogen and oxygen atoms in total. The normalized spacial score (nSPS) is 16.7. The van der Waals surface area contributed by atoms with Gasteiger partial charge in [-0.1, -0.05) is 36.4 Å². The fourth-order valence-electron chi connectivity index (χ4n) is 2.80. The molecule has 4 rings (SSSR count). The third kappa shape index (κ3) is 1.87. The highest BCUT2D eigenvalue weighted by Crippen LogP contribution is 2.33. The van der Waals surface area contributed by atoms with Crippen molar-refractivity contribution in [1.82, 2.24) is 10.5 Å². The number of aromatic nitrogens is 1. The van der Waals surface area contributed by atoms with E-state index < -0.39 is 5.92 Å². The molecule has 22 heavy (non-hydrogen) atoms. The summed E-state index contributed by atoms with van der Waals surface area (Å²) in [6.45, 7) is 0. The number of rotatable bonds is 1. The first kappa shape index (κ1) is 12.6. The minimum atomic E-state index is -0.682. The Balaban J connectivity index is 1.97. The number of carbonyl (C=O) groups excluding carboxylic acids is 1. The molecule has 1 aliphatic heterocycles. The Bertz CT molecular complexity index is 946. The predicted molar refractivity (Wildman–Crippen MR) is 81.6 cm³/mol. The van der Waals surface area contributed by atoms with Crippen molar-refractivity contribution >= 4 is 16.8 Å². The van der Waals surface area contributed by atoms with Crippen LogP contribution in [-0.4, -0.2) is 10.9 Å². The van der Waals surface area contributed by atoms with Crippen LogP contribution in [0.25, 0.3) is 10.9 Å². The van der Waals surface area contributed by atoms with E-state index in [1.165, 1.54) is 0 Å². The highest BCUT2D eigenvalue weighted by molar-refractivity contribution is 5.90. The van der Waals surface area contributed by atoms with E-state index >= 15 is 0 Å². The zero-order valence-electron chi connectivity index (χ0n) is 11.5. The van der Waals surface area contributed by atoms with Crippen molar-refractivity contribution < 1.29 is 9.63 Å². The molecule has 1 unspecified atom stereocenters. The number of hydrogen-bond donors (Lipinski definition) is 2. The molecule has 108 valence electrons. The van der Waals surface area contributed by atoms with Crippen LogP contribution in [0.4, 0.5) is 0 Å². The van der Waals surface area contributed by atoms with E-state index in [-0.39, 0.29) is 11.5 Å². The third-order valence-corrected chi connectivity index (χ3v) is 3.85. The van der Waals surface area contributed by atoms with Gasteiger partial charge in [0.1, 0.15) is 5.92 Å². The SMILES string of the molecule is O=C1NOc2ccccc2C1c1cc2ccccc2[nH]c1=O. The van der Waals surface area contributed by atoms with Gasteiger partial charge < -0.3 is 9.82 Å². The van der Waals surface area contributed by atoms with Gasteiger partial charge in [-0.15, -0.1) is 0 Å². The molecule has 1 amide bonds. The smallest absolute Gasteiger partial charge is 0.264 e. The molecule has 2 N–H and O–H groups in total. The third-order valence-electron chi connectivity index (χ3n) is 3.85. The Kier molecular flexibility index (Phi) is 2.72. The molecule has 0 spiro atoms. The Morgan fingerprint density at radius 3 is 2.59 bits per heavy atom. The quantitative estimate of drug-likeness (QED) is 0.721. The van der Waals surface area contributed by atoms with Gasteiger partial charge in [0.2, 0.25) is 0 Å². The summed E-state index contributed by atoms with van der Waals surface area (Å²) in [7, 11) is 0. The van der Waals surface area contributed by atoms with Crippen molar-refractivity contribution in [3.05, 3.63) is 76.1 Å². The molecule has 1 aromatic heterocycles. The molecule has 2 heterocycles. The highest BCUT2D eigenvalue weighted by Gasteiger charge is 2.32. The first-order valence-electron chi connectivity index (χ1n) is 6.91. The van der Waals surface area contributed by atoms with Gasteiger partial charge in [-0.25, -0.2) is 0 Å². The van der Waals surface area contributed by atoms with Crippen LogP contribution in [0.5, 0.6) is 5.75 Å². The van der Waals surface area contributed by atoms with Crippen molar-refractivity contribution in [2.24, 2.45) is 0 Å². The second-order valence-electron chi connectivity index (χ2n) is 5.18. The van der Waals surface area contributed by atoms with Crippen LogP contribution in [-0.2, 0) is 4.79 Å². The largest absolute Gasteiger partial charge is 0.379 e. The maximum absolute atomic E-state index is 12.4. The van der Waals surface area contributed by atoms with E-state index in [0.717, 1.165) is 10.9 Å². The van der Waals surface area contributed by atoms with Crippen LogP contribution in [0.1, 0.15) is 17.0 Å². The molecule has 5 heteroatoms. The van der Waals surface area contributed by atoms with E-state index in [1.54, 1.807) is 18.2 Å². The van der Waals surface area contributed by atoms with Crippen LogP contribution < -0.4 is 15.9 Å². The van der Waals surface area contributed by atoms with Crippen molar-refractivity contribution in [2.75, 3.05) is 0 Å². The van der Waals surface area contributed by atoms with Gasteiger partial charge in [-0.05, 0) is 23.6 Å². The predicted octanol–water partition coefficient (Wildman–Crippen LogP) is 2.08. The number of benzene rings is 2. The highest BCUT2D eigenvalue weighted by atomic mass is 16.7. The molecule has 0 fully saturated rings. The Hall–Kier alpha value is -3.08. The second-order valence-corrected chi connectivity index (χ2v) is 5.18. The first-order valence-corrected chi connectivity index (χ1v) is 6.91. The minimum absolute atomic E-state index is 0.268. The molecule has 0 saturated heterocycles. The van der Waals surface area contributed by atoms with Crippen molar-refractivity contribution in [2.45, 2.75) is 5.92 Å². The Morgan fingerprint density at radius 2 is 1.68 bits per heavy atom. The summed E-state index contributed by atoms with van der Waals surface area (Å²) in [6, 6.07) is 16.4. The summed E-state index contributed by atoms with van der Waals surface area (Å²) in [5.41, 5.74) is 3.95. The average Bonchev–Trinajstić information content (AvgIpc) is 2.54. The lowest BCUT2D eigenvalue weighted by molar-refractivity contribution is -0.129. The molecule has 1 atom stereocenters. The molecule has 0 radical (unpaired) electrons. The minimum Gasteiger partial charge on any atom is -0.379 e. The summed E-state index contributed by atoms with van der Waals surface area (Å²) < 4.78 is 0. The summed E-state index contributed by atoms with van der Waals surface area (Å²) >= 11 is 0. The molecule has 1 aliphatic rings. The van der Waals surface area contributed by atoms with Crippen molar-refractivity contribution in [1.29, 1.82) is 0 Å². The van der Waals surface area contributed by atoms with Gasteiger partial charge in [0.15, 0.2) is 5.75 Å². The van der Waals surface area contributed by atoms with Crippen LogP contribution in [0.3, 0.4) is 0 Å². The first-order chi connectivity index (χ1) is 10.7. The van der Waals surface area contributed by atoms with E-state index in [4.69, 9.17) is 4.84 Å². The molecule has 2 aromatic carbocycles. The summed E-state index contributed by atoms with van der Waals surface area (Å²) in [4.78, 5) is 32.7. The van der Waals surface area contributed by atoms with E-state index in [2.05, 4.69) is 10.5 Å². The molecular weight excluding hydrogens is 280 g/mol. The molecule has 0 aliphatic carbocycles. The van der Waals surface area contributed by atoms with E-state index in [1.807, 2.05) is 36.4 Å². The summed E-state index contributed by atoms with van der Waals surface area (Å²) in [5, 5.41) is 0.883. The number of fused-ring (bicyclic) bond motifs is 2. The standard InChI is InChI=1S/C17H12N2O3/c20-16-12(9-10-5-1-3-7-13(10)18-16)15-11-6-2-4-8-14(11)22-19-17(15)21/h1-9,15H,(H,18,20)(H,19,21). The topological polar surface area (TPSA) is 71.2 Å². The number of nitrogens with one attached hydrogen (secondary N) is 2. The van der Waals surface area contributed by atoms with E-state index in [0.29, 0.717) is 16.9 Å². The lowest BCUT2D eigenvalue weighted by Gasteiger charge is -2.24. The molecule has 0 bridgehead atoms. The van der Waals surface area contributed by atoms with Gasteiger partial charge in [-0.3, -0.25) is 9.59 Å².